The topological polar surface area (TPSA) is 24.5 Å². The molecule has 0 saturated carbocycles. The van der Waals surface area contributed by atoms with Crippen LogP contribution in [0.4, 0.5) is 0 Å². The Morgan fingerprint density at radius 1 is 1.40 bits per heavy atom. The molecule has 86 valence electrons. The minimum atomic E-state index is 0.733. The highest BCUT2D eigenvalue weighted by atomic mass is 16.5. The average molecular weight is 210 g/mol. The third-order valence-corrected chi connectivity index (χ3v) is 3.57. The molecule has 2 aliphatic heterocycles. The summed E-state index contributed by atoms with van der Waals surface area (Å²) in [6, 6.07) is 1.56. The van der Waals surface area contributed by atoms with E-state index in [1.165, 1.54) is 38.6 Å². The quantitative estimate of drug-likeness (QED) is 0.529. The van der Waals surface area contributed by atoms with E-state index in [2.05, 4.69) is 16.8 Å². The number of nitrogens with zero attached hydrogens (tertiary/aromatic N) is 1. The zero-order valence-corrected chi connectivity index (χ0v) is 9.45. The van der Waals surface area contributed by atoms with Crippen molar-refractivity contribution >= 4 is 0 Å². The van der Waals surface area contributed by atoms with Crippen molar-refractivity contribution in [3.05, 3.63) is 12.8 Å². The SMILES string of the molecule is C=COCCCNC1CCN2CCCC12. The zero-order valence-electron chi connectivity index (χ0n) is 9.45. The molecule has 0 amide bonds. The fourth-order valence-corrected chi connectivity index (χ4v) is 2.85. The molecule has 0 aromatic rings. The minimum absolute atomic E-state index is 0.733. The van der Waals surface area contributed by atoms with Crippen molar-refractivity contribution < 1.29 is 4.74 Å². The number of ether oxygens (including phenoxy) is 1. The molecule has 0 bridgehead atoms. The van der Waals surface area contributed by atoms with E-state index >= 15 is 0 Å². The Morgan fingerprint density at radius 2 is 2.33 bits per heavy atom. The maximum atomic E-state index is 5.10. The molecule has 2 rings (SSSR count). The minimum Gasteiger partial charge on any atom is -0.502 e. The summed E-state index contributed by atoms with van der Waals surface area (Å²) < 4.78 is 5.10. The largest absolute Gasteiger partial charge is 0.502 e. The van der Waals surface area contributed by atoms with Gasteiger partial charge in [-0.05, 0) is 38.8 Å². The third-order valence-electron chi connectivity index (χ3n) is 3.57. The summed E-state index contributed by atoms with van der Waals surface area (Å²) in [4.78, 5) is 2.64. The Balaban J connectivity index is 1.61. The third kappa shape index (κ3) is 2.73. The molecule has 0 spiro atoms. The van der Waals surface area contributed by atoms with Gasteiger partial charge in [-0.15, -0.1) is 0 Å². The van der Waals surface area contributed by atoms with E-state index in [4.69, 9.17) is 4.74 Å². The Labute approximate surface area is 92.5 Å². The molecule has 2 saturated heterocycles. The highest BCUT2D eigenvalue weighted by Gasteiger charge is 2.36. The number of hydrogen-bond acceptors (Lipinski definition) is 3. The van der Waals surface area contributed by atoms with Gasteiger partial charge in [0.1, 0.15) is 0 Å². The molecule has 3 heteroatoms. The van der Waals surface area contributed by atoms with Crippen molar-refractivity contribution in [1.82, 2.24) is 10.2 Å². The number of nitrogens with one attached hydrogen (secondary N) is 1. The smallest absolute Gasteiger partial charge is 0.0885 e. The predicted molar refractivity (Wildman–Crippen MR) is 61.8 cm³/mol. The van der Waals surface area contributed by atoms with Crippen molar-refractivity contribution in [2.75, 3.05) is 26.2 Å². The Kier molecular flexibility index (Phi) is 4.03. The van der Waals surface area contributed by atoms with Crippen LogP contribution in [0, 0.1) is 0 Å². The maximum absolute atomic E-state index is 5.10. The van der Waals surface area contributed by atoms with E-state index in [1.54, 1.807) is 0 Å². The standard InChI is InChI=1S/C12H22N2O/c1-2-15-10-4-7-13-11-6-9-14-8-3-5-12(11)14/h2,11-13H,1,3-10H2. The van der Waals surface area contributed by atoms with Gasteiger partial charge in [0.25, 0.3) is 0 Å². The first-order valence-corrected chi connectivity index (χ1v) is 6.12. The molecule has 3 nitrogen and oxygen atoms in total. The van der Waals surface area contributed by atoms with Gasteiger partial charge in [-0.2, -0.15) is 0 Å². The van der Waals surface area contributed by atoms with Gasteiger partial charge >= 0.3 is 0 Å². The molecule has 1 N–H and O–H groups in total. The highest BCUT2D eigenvalue weighted by Crippen LogP contribution is 2.27. The van der Waals surface area contributed by atoms with E-state index in [-0.39, 0.29) is 0 Å². The molecular weight excluding hydrogens is 188 g/mol. The van der Waals surface area contributed by atoms with Gasteiger partial charge < -0.3 is 10.1 Å². The second-order valence-corrected chi connectivity index (χ2v) is 4.49. The van der Waals surface area contributed by atoms with Crippen molar-refractivity contribution in [2.45, 2.75) is 37.8 Å². The van der Waals surface area contributed by atoms with Crippen molar-refractivity contribution in [3.63, 3.8) is 0 Å². The summed E-state index contributed by atoms with van der Waals surface area (Å²) in [6.45, 7) is 8.01. The Morgan fingerprint density at radius 3 is 3.20 bits per heavy atom. The molecule has 15 heavy (non-hydrogen) atoms. The lowest BCUT2D eigenvalue weighted by molar-refractivity contribution is 0.239. The first-order chi connectivity index (χ1) is 7.42. The summed E-state index contributed by atoms with van der Waals surface area (Å²) in [5, 5.41) is 3.66. The van der Waals surface area contributed by atoms with E-state index < -0.39 is 0 Å². The van der Waals surface area contributed by atoms with Crippen LogP contribution in [-0.2, 0) is 4.74 Å². The maximum Gasteiger partial charge on any atom is 0.0885 e. The molecule has 0 aromatic carbocycles. The molecule has 2 atom stereocenters. The first-order valence-electron chi connectivity index (χ1n) is 6.12. The first kappa shape index (κ1) is 11.0. The van der Waals surface area contributed by atoms with E-state index in [1.807, 2.05) is 0 Å². The van der Waals surface area contributed by atoms with Crippen LogP contribution in [0.2, 0.25) is 0 Å². The van der Waals surface area contributed by atoms with Gasteiger partial charge in [0.05, 0.1) is 12.9 Å². The van der Waals surface area contributed by atoms with Crippen LogP contribution < -0.4 is 5.32 Å². The van der Waals surface area contributed by atoms with Crippen LogP contribution in [0.25, 0.3) is 0 Å². The summed E-state index contributed by atoms with van der Waals surface area (Å²) in [6.07, 6.45) is 6.71. The monoisotopic (exact) mass is 210 g/mol. The molecule has 0 radical (unpaired) electrons. The Bertz CT molecular complexity index is 208. The fraction of sp³-hybridized carbons (Fsp3) is 0.833. The van der Waals surface area contributed by atoms with Crippen LogP contribution >= 0.6 is 0 Å². The number of fused-ring (bicyclic) bond motifs is 1. The summed E-state index contributed by atoms with van der Waals surface area (Å²) in [5.74, 6) is 0. The average Bonchev–Trinajstić information content (AvgIpc) is 2.81. The van der Waals surface area contributed by atoms with Crippen molar-refractivity contribution in [3.8, 4) is 0 Å². The number of rotatable bonds is 6. The van der Waals surface area contributed by atoms with Gasteiger partial charge in [0, 0.05) is 18.6 Å². The van der Waals surface area contributed by atoms with Gasteiger partial charge in [-0.3, -0.25) is 4.90 Å². The normalized spacial score (nSPS) is 30.4. The lowest BCUT2D eigenvalue weighted by Crippen LogP contribution is -2.39. The van der Waals surface area contributed by atoms with E-state index in [0.29, 0.717) is 0 Å². The molecule has 0 aromatic heterocycles. The van der Waals surface area contributed by atoms with Crippen LogP contribution in [-0.4, -0.2) is 43.2 Å². The zero-order chi connectivity index (χ0) is 10.5. The Hall–Kier alpha value is -0.540. The van der Waals surface area contributed by atoms with Crippen LogP contribution in [0.1, 0.15) is 25.7 Å². The highest BCUT2D eigenvalue weighted by molar-refractivity contribution is 4.95. The van der Waals surface area contributed by atoms with Crippen LogP contribution in [0.15, 0.2) is 12.8 Å². The van der Waals surface area contributed by atoms with Gasteiger partial charge in [0.2, 0.25) is 0 Å². The lowest BCUT2D eigenvalue weighted by atomic mass is 10.1. The number of hydrogen-bond donors (Lipinski definition) is 1. The molecular formula is C12H22N2O. The molecule has 0 aliphatic carbocycles. The molecule has 2 heterocycles. The van der Waals surface area contributed by atoms with Gasteiger partial charge in [-0.1, -0.05) is 6.58 Å². The van der Waals surface area contributed by atoms with Crippen molar-refractivity contribution in [1.29, 1.82) is 0 Å². The lowest BCUT2D eigenvalue weighted by Gasteiger charge is -2.21. The van der Waals surface area contributed by atoms with Crippen LogP contribution in [0.3, 0.4) is 0 Å². The summed E-state index contributed by atoms with van der Waals surface area (Å²) in [7, 11) is 0. The molecule has 2 aliphatic rings. The fourth-order valence-electron chi connectivity index (χ4n) is 2.85. The van der Waals surface area contributed by atoms with E-state index in [0.717, 1.165) is 31.7 Å². The summed E-state index contributed by atoms with van der Waals surface area (Å²) in [5.41, 5.74) is 0. The van der Waals surface area contributed by atoms with E-state index in [9.17, 15) is 0 Å². The second-order valence-electron chi connectivity index (χ2n) is 4.49. The van der Waals surface area contributed by atoms with Crippen molar-refractivity contribution in [2.24, 2.45) is 0 Å². The van der Waals surface area contributed by atoms with Crippen LogP contribution in [0.5, 0.6) is 0 Å². The molecule has 2 fully saturated rings. The summed E-state index contributed by atoms with van der Waals surface area (Å²) >= 11 is 0. The molecule has 2 unspecified atom stereocenters. The second kappa shape index (κ2) is 5.52. The van der Waals surface area contributed by atoms with Gasteiger partial charge in [0.15, 0.2) is 0 Å². The van der Waals surface area contributed by atoms with Gasteiger partial charge in [-0.25, -0.2) is 0 Å². The predicted octanol–water partition coefficient (Wildman–Crippen LogP) is 1.36.